The second kappa shape index (κ2) is 5.23. The standard InChI is InChI=1S/C11H16ClNO/c1-3-6-14-11-5-4-9(8(2)13)7-10(11)12/h4-5,7-8H,3,6,13H2,1-2H3. The Morgan fingerprint density at radius 1 is 1.50 bits per heavy atom. The first kappa shape index (κ1) is 11.3. The van der Waals surface area contributed by atoms with E-state index in [0.29, 0.717) is 11.6 Å². The summed E-state index contributed by atoms with van der Waals surface area (Å²) < 4.78 is 5.45. The number of halogens is 1. The molecule has 0 bridgehead atoms. The van der Waals surface area contributed by atoms with Gasteiger partial charge in [0.1, 0.15) is 5.75 Å². The molecule has 0 heterocycles. The molecule has 0 saturated heterocycles. The first-order chi connectivity index (χ1) is 6.65. The second-order valence-corrected chi connectivity index (χ2v) is 3.73. The lowest BCUT2D eigenvalue weighted by Crippen LogP contribution is -2.05. The molecule has 1 unspecified atom stereocenters. The van der Waals surface area contributed by atoms with Crippen LogP contribution in [0.1, 0.15) is 31.9 Å². The van der Waals surface area contributed by atoms with E-state index in [4.69, 9.17) is 22.1 Å². The molecule has 0 aliphatic rings. The summed E-state index contributed by atoms with van der Waals surface area (Å²) in [7, 11) is 0. The Kier molecular flexibility index (Phi) is 4.23. The summed E-state index contributed by atoms with van der Waals surface area (Å²) in [6.07, 6.45) is 0.978. The van der Waals surface area contributed by atoms with Crippen molar-refractivity contribution < 1.29 is 4.74 Å². The maximum absolute atomic E-state index is 6.03. The Labute approximate surface area is 90.0 Å². The van der Waals surface area contributed by atoms with Gasteiger partial charge < -0.3 is 10.5 Å². The minimum atomic E-state index is 0.00715. The Morgan fingerprint density at radius 3 is 2.71 bits per heavy atom. The number of hydrogen-bond acceptors (Lipinski definition) is 2. The molecule has 0 aliphatic heterocycles. The van der Waals surface area contributed by atoms with E-state index >= 15 is 0 Å². The summed E-state index contributed by atoms with van der Waals surface area (Å²) in [6, 6.07) is 5.68. The average Bonchev–Trinajstić information content (AvgIpc) is 2.15. The van der Waals surface area contributed by atoms with Gasteiger partial charge in [-0.25, -0.2) is 0 Å². The van der Waals surface area contributed by atoms with Gasteiger partial charge >= 0.3 is 0 Å². The van der Waals surface area contributed by atoms with Crippen LogP contribution >= 0.6 is 11.6 Å². The summed E-state index contributed by atoms with van der Waals surface area (Å²) in [6.45, 7) is 4.68. The minimum absolute atomic E-state index is 0.00715. The van der Waals surface area contributed by atoms with Crippen LogP contribution in [0.3, 0.4) is 0 Å². The van der Waals surface area contributed by atoms with E-state index in [9.17, 15) is 0 Å². The van der Waals surface area contributed by atoms with Crippen LogP contribution in [-0.2, 0) is 0 Å². The lowest BCUT2D eigenvalue weighted by atomic mass is 10.1. The Hall–Kier alpha value is -0.730. The predicted molar refractivity (Wildman–Crippen MR) is 59.8 cm³/mol. The molecule has 2 nitrogen and oxygen atoms in total. The van der Waals surface area contributed by atoms with Crippen LogP contribution < -0.4 is 10.5 Å². The zero-order chi connectivity index (χ0) is 10.6. The number of benzene rings is 1. The Balaban J connectivity index is 2.79. The molecular formula is C11H16ClNO. The molecule has 0 aromatic heterocycles. The van der Waals surface area contributed by atoms with Gasteiger partial charge in [-0.1, -0.05) is 24.6 Å². The van der Waals surface area contributed by atoms with E-state index in [1.807, 2.05) is 25.1 Å². The maximum Gasteiger partial charge on any atom is 0.137 e. The highest BCUT2D eigenvalue weighted by molar-refractivity contribution is 6.32. The highest BCUT2D eigenvalue weighted by atomic mass is 35.5. The van der Waals surface area contributed by atoms with Gasteiger partial charge in [0.05, 0.1) is 11.6 Å². The third-order valence-corrected chi connectivity index (χ3v) is 2.24. The normalized spacial score (nSPS) is 12.6. The van der Waals surface area contributed by atoms with Crippen molar-refractivity contribution >= 4 is 11.6 Å². The Morgan fingerprint density at radius 2 is 2.21 bits per heavy atom. The highest BCUT2D eigenvalue weighted by Crippen LogP contribution is 2.27. The number of nitrogens with two attached hydrogens (primary N) is 1. The zero-order valence-corrected chi connectivity index (χ0v) is 9.34. The van der Waals surface area contributed by atoms with Gasteiger partial charge in [-0.3, -0.25) is 0 Å². The van der Waals surface area contributed by atoms with Crippen LogP contribution in [0.2, 0.25) is 5.02 Å². The summed E-state index contributed by atoms with van der Waals surface area (Å²) in [5.74, 6) is 0.734. The fourth-order valence-corrected chi connectivity index (χ4v) is 1.37. The van der Waals surface area contributed by atoms with E-state index < -0.39 is 0 Å². The highest BCUT2D eigenvalue weighted by Gasteiger charge is 2.05. The van der Waals surface area contributed by atoms with Crippen molar-refractivity contribution in [3.05, 3.63) is 28.8 Å². The quantitative estimate of drug-likeness (QED) is 0.834. The van der Waals surface area contributed by atoms with Crippen molar-refractivity contribution in [2.24, 2.45) is 5.73 Å². The average molecular weight is 214 g/mol. The first-order valence-electron chi connectivity index (χ1n) is 4.83. The monoisotopic (exact) mass is 213 g/mol. The Bertz CT molecular complexity index is 299. The van der Waals surface area contributed by atoms with Crippen LogP contribution in [0.15, 0.2) is 18.2 Å². The van der Waals surface area contributed by atoms with Crippen molar-refractivity contribution in [3.63, 3.8) is 0 Å². The number of ether oxygens (including phenoxy) is 1. The van der Waals surface area contributed by atoms with Crippen LogP contribution in [0.5, 0.6) is 5.75 Å². The molecule has 1 aromatic carbocycles. The molecule has 0 saturated carbocycles. The predicted octanol–water partition coefficient (Wildman–Crippen LogP) is 3.15. The van der Waals surface area contributed by atoms with Crippen molar-refractivity contribution in [2.75, 3.05) is 6.61 Å². The molecule has 0 radical (unpaired) electrons. The molecule has 78 valence electrons. The largest absolute Gasteiger partial charge is 0.492 e. The van der Waals surface area contributed by atoms with Crippen LogP contribution in [0.25, 0.3) is 0 Å². The van der Waals surface area contributed by atoms with E-state index in [-0.39, 0.29) is 6.04 Å². The SMILES string of the molecule is CCCOc1ccc(C(C)N)cc1Cl. The molecule has 1 aromatic rings. The summed E-state index contributed by atoms with van der Waals surface area (Å²) in [4.78, 5) is 0. The third-order valence-electron chi connectivity index (χ3n) is 1.94. The van der Waals surface area contributed by atoms with Crippen molar-refractivity contribution in [3.8, 4) is 5.75 Å². The van der Waals surface area contributed by atoms with Crippen molar-refractivity contribution in [1.82, 2.24) is 0 Å². The molecule has 0 aliphatic carbocycles. The molecule has 1 rings (SSSR count). The lowest BCUT2D eigenvalue weighted by Gasteiger charge is -2.10. The van der Waals surface area contributed by atoms with Gasteiger partial charge in [-0.05, 0) is 31.0 Å². The molecule has 0 amide bonds. The fraction of sp³-hybridized carbons (Fsp3) is 0.455. The van der Waals surface area contributed by atoms with Gasteiger partial charge in [0.2, 0.25) is 0 Å². The van der Waals surface area contributed by atoms with Crippen molar-refractivity contribution in [1.29, 1.82) is 0 Å². The topological polar surface area (TPSA) is 35.2 Å². The molecule has 0 spiro atoms. The molecule has 14 heavy (non-hydrogen) atoms. The van der Waals surface area contributed by atoms with Crippen molar-refractivity contribution in [2.45, 2.75) is 26.3 Å². The van der Waals surface area contributed by atoms with Gasteiger partial charge in [-0.2, -0.15) is 0 Å². The lowest BCUT2D eigenvalue weighted by molar-refractivity contribution is 0.317. The molecule has 1 atom stereocenters. The smallest absolute Gasteiger partial charge is 0.137 e. The van der Waals surface area contributed by atoms with E-state index in [2.05, 4.69) is 6.92 Å². The minimum Gasteiger partial charge on any atom is -0.492 e. The summed E-state index contributed by atoms with van der Waals surface area (Å²) >= 11 is 6.03. The number of rotatable bonds is 4. The fourth-order valence-electron chi connectivity index (χ4n) is 1.13. The van der Waals surface area contributed by atoms with E-state index in [1.165, 1.54) is 0 Å². The third kappa shape index (κ3) is 2.89. The molecule has 0 fully saturated rings. The second-order valence-electron chi connectivity index (χ2n) is 3.33. The van der Waals surface area contributed by atoms with Gasteiger partial charge in [0.15, 0.2) is 0 Å². The first-order valence-corrected chi connectivity index (χ1v) is 5.20. The van der Waals surface area contributed by atoms with Crippen LogP contribution in [0, 0.1) is 0 Å². The van der Waals surface area contributed by atoms with Gasteiger partial charge in [0, 0.05) is 6.04 Å². The number of hydrogen-bond donors (Lipinski definition) is 1. The van der Waals surface area contributed by atoms with Crippen LogP contribution in [0.4, 0.5) is 0 Å². The zero-order valence-electron chi connectivity index (χ0n) is 8.59. The van der Waals surface area contributed by atoms with E-state index in [0.717, 1.165) is 17.7 Å². The van der Waals surface area contributed by atoms with Gasteiger partial charge in [-0.15, -0.1) is 0 Å². The van der Waals surface area contributed by atoms with Gasteiger partial charge in [0.25, 0.3) is 0 Å². The maximum atomic E-state index is 6.03. The van der Waals surface area contributed by atoms with Crippen LogP contribution in [-0.4, -0.2) is 6.61 Å². The molecular weight excluding hydrogens is 198 g/mol. The summed E-state index contributed by atoms with van der Waals surface area (Å²) in [5.41, 5.74) is 6.76. The van der Waals surface area contributed by atoms with E-state index in [1.54, 1.807) is 0 Å². The summed E-state index contributed by atoms with van der Waals surface area (Å²) in [5, 5.41) is 0.633. The molecule has 3 heteroatoms. The molecule has 2 N–H and O–H groups in total.